The summed E-state index contributed by atoms with van der Waals surface area (Å²) in [4.78, 5) is 19.5. The SMILES string of the molecule is Cc1cc2nc(C)c(CCC(=O)NC3CS(=O)(=O)CC3N3CCCC3)c(C)n2n1. The van der Waals surface area contributed by atoms with Crippen molar-refractivity contribution in [2.75, 3.05) is 24.6 Å². The summed E-state index contributed by atoms with van der Waals surface area (Å²) in [6.07, 6.45) is 3.05. The van der Waals surface area contributed by atoms with Gasteiger partial charge >= 0.3 is 0 Å². The number of nitrogens with zero attached hydrogens (tertiary/aromatic N) is 4. The standard InChI is InChI=1S/C20H29N5O3S/c1-13-10-19-21-14(2)16(15(3)25(19)23-13)6-7-20(26)22-17-11-29(27,28)12-18(17)24-8-4-5-9-24/h10,17-18H,4-9,11-12H2,1-3H3,(H,22,26). The monoisotopic (exact) mass is 419 g/mol. The van der Waals surface area contributed by atoms with E-state index in [-0.39, 0.29) is 29.5 Å². The zero-order chi connectivity index (χ0) is 20.8. The highest BCUT2D eigenvalue weighted by molar-refractivity contribution is 7.91. The lowest BCUT2D eigenvalue weighted by Crippen LogP contribution is -2.50. The molecule has 2 aliphatic heterocycles. The van der Waals surface area contributed by atoms with Gasteiger partial charge in [-0.2, -0.15) is 5.10 Å². The number of likely N-dealkylation sites (tertiary alicyclic amines) is 1. The van der Waals surface area contributed by atoms with E-state index in [4.69, 9.17) is 0 Å². The number of aromatic nitrogens is 3. The van der Waals surface area contributed by atoms with Crippen LogP contribution >= 0.6 is 0 Å². The fourth-order valence-electron chi connectivity index (χ4n) is 4.72. The third-order valence-corrected chi connectivity index (χ3v) is 7.88. The van der Waals surface area contributed by atoms with Gasteiger partial charge in [0.25, 0.3) is 0 Å². The minimum absolute atomic E-state index is 0.0397. The number of nitrogens with one attached hydrogen (secondary N) is 1. The van der Waals surface area contributed by atoms with E-state index in [9.17, 15) is 13.2 Å². The summed E-state index contributed by atoms with van der Waals surface area (Å²) in [6, 6.07) is 1.53. The van der Waals surface area contributed by atoms with E-state index in [1.807, 2.05) is 31.4 Å². The van der Waals surface area contributed by atoms with Gasteiger partial charge in [-0.05, 0) is 58.7 Å². The van der Waals surface area contributed by atoms with Crippen molar-refractivity contribution in [1.29, 1.82) is 0 Å². The van der Waals surface area contributed by atoms with Gasteiger partial charge in [0.1, 0.15) is 0 Å². The molecule has 0 aliphatic carbocycles. The van der Waals surface area contributed by atoms with Gasteiger partial charge in [0, 0.05) is 29.9 Å². The van der Waals surface area contributed by atoms with Crippen LogP contribution in [0.3, 0.4) is 0 Å². The molecule has 2 aromatic rings. The van der Waals surface area contributed by atoms with Crippen molar-refractivity contribution in [3.8, 4) is 0 Å². The predicted molar refractivity (Wildman–Crippen MR) is 111 cm³/mol. The minimum atomic E-state index is -3.11. The number of hydrogen-bond donors (Lipinski definition) is 1. The number of aryl methyl sites for hydroxylation is 3. The number of carbonyl (C=O) groups excluding carboxylic acids is 1. The quantitative estimate of drug-likeness (QED) is 0.776. The molecular weight excluding hydrogens is 390 g/mol. The summed E-state index contributed by atoms with van der Waals surface area (Å²) in [6.45, 7) is 7.71. The molecule has 0 spiro atoms. The van der Waals surface area contributed by atoms with Crippen LogP contribution in [0.25, 0.3) is 5.65 Å². The molecule has 0 aromatic carbocycles. The van der Waals surface area contributed by atoms with E-state index in [0.717, 1.165) is 54.2 Å². The van der Waals surface area contributed by atoms with Gasteiger partial charge in [-0.15, -0.1) is 0 Å². The van der Waals surface area contributed by atoms with Crippen molar-refractivity contribution >= 4 is 21.4 Å². The van der Waals surface area contributed by atoms with Gasteiger partial charge in [0.2, 0.25) is 5.91 Å². The molecule has 0 bridgehead atoms. The zero-order valence-corrected chi connectivity index (χ0v) is 18.1. The van der Waals surface area contributed by atoms with Crippen LogP contribution in [0.2, 0.25) is 0 Å². The number of hydrogen-bond acceptors (Lipinski definition) is 6. The molecule has 158 valence electrons. The maximum Gasteiger partial charge on any atom is 0.220 e. The van der Waals surface area contributed by atoms with Crippen molar-refractivity contribution < 1.29 is 13.2 Å². The number of carbonyl (C=O) groups is 1. The largest absolute Gasteiger partial charge is 0.351 e. The van der Waals surface area contributed by atoms with Crippen LogP contribution in [-0.4, -0.2) is 70.5 Å². The summed E-state index contributed by atoms with van der Waals surface area (Å²) in [5.41, 5.74) is 4.64. The molecule has 2 fully saturated rings. The van der Waals surface area contributed by atoms with Gasteiger partial charge in [-0.25, -0.2) is 17.9 Å². The van der Waals surface area contributed by atoms with E-state index in [2.05, 4.69) is 20.3 Å². The Morgan fingerprint density at radius 1 is 1.21 bits per heavy atom. The number of amides is 1. The second-order valence-corrected chi connectivity index (χ2v) is 10.5. The minimum Gasteiger partial charge on any atom is -0.351 e. The van der Waals surface area contributed by atoms with Crippen LogP contribution < -0.4 is 5.32 Å². The summed E-state index contributed by atoms with van der Waals surface area (Å²) >= 11 is 0. The molecule has 9 heteroatoms. The van der Waals surface area contributed by atoms with Crippen LogP contribution in [0.5, 0.6) is 0 Å². The van der Waals surface area contributed by atoms with E-state index >= 15 is 0 Å². The first-order chi connectivity index (χ1) is 13.7. The Morgan fingerprint density at radius 3 is 2.66 bits per heavy atom. The molecule has 2 atom stereocenters. The Kier molecular flexibility index (Phi) is 5.37. The second-order valence-electron chi connectivity index (χ2n) is 8.38. The first kappa shape index (κ1) is 20.3. The van der Waals surface area contributed by atoms with E-state index in [1.165, 1.54) is 0 Å². The Labute approximate surface area is 171 Å². The predicted octanol–water partition coefficient (Wildman–Crippen LogP) is 0.965. The molecule has 2 aromatic heterocycles. The van der Waals surface area contributed by atoms with Crippen LogP contribution in [0.4, 0.5) is 0 Å². The van der Waals surface area contributed by atoms with Crippen LogP contribution in [-0.2, 0) is 21.1 Å². The highest BCUT2D eigenvalue weighted by Crippen LogP contribution is 2.23. The van der Waals surface area contributed by atoms with Crippen molar-refractivity contribution in [2.45, 2.75) is 58.5 Å². The van der Waals surface area contributed by atoms with E-state index < -0.39 is 9.84 Å². The fourth-order valence-corrected chi connectivity index (χ4v) is 6.67. The average molecular weight is 420 g/mol. The van der Waals surface area contributed by atoms with Gasteiger partial charge in [-0.3, -0.25) is 9.69 Å². The summed E-state index contributed by atoms with van der Waals surface area (Å²) in [5.74, 6) is 0.0832. The molecule has 2 aliphatic rings. The lowest BCUT2D eigenvalue weighted by Gasteiger charge is -2.28. The Balaban J connectivity index is 1.44. The van der Waals surface area contributed by atoms with Crippen molar-refractivity contribution in [2.24, 2.45) is 0 Å². The van der Waals surface area contributed by atoms with Crippen LogP contribution in [0.15, 0.2) is 6.07 Å². The lowest BCUT2D eigenvalue weighted by atomic mass is 10.1. The molecule has 1 N–H and O–H groups in total. The normalized spacial score (nSPS) is 24.4. The number of fused-ring (bicyclic) bond motifs is 1. The van der Waals surface area contributed by atoms with E-state index in [1.54, 1.807) is 0 Å². The average Bonchev–Trinajstić information content (AvgIpc) is 3.33. The Morgan fingerprint density at radius 2 is 1.93 bits per heavy atom. The second kappa shape index (κ2) is 7.68. The highest BCUT2D eigenvalue weighted by Gasteiger charge is 2.42. The number of rotatable bonds is 5. The van der Waals surface area contributed by atoms with Crippen molar-refractivity contribution in [3.05, 3.63) is 28.7 Å². The fraction of sp³-hybridized carbons (Fsp3) is 0.650. The first-order valence-corrected chi connectivity index (χ1v) is 12.1. The molecule has 2 unspecified atom stereocenters. The molecule has 2 saturated heterocycles. The topological polar surface area (TPSA) is 96.7 Å². The third kappa shape index (κ3) is 4.16. The van der Waals surface area contributed by atoms with Crippen molar-refractivity contribution in [3.63, 3.8) is 0 Å². The summed E-state index contributed by atoms with van der Waals surface area (Å²) in [7, 11) is -3.11. The maximum atomic E-state index is 12.7. The van der Waals surface area contributed by atoms with Crippen molar-refractivity contribution in [1.82, 2.24) is 24.8 Å². The smallest absolute Gasteiger partial charge is 0.220 e. The molecule has 0 saturated carbocycles. The van der Waals surface area contributed by atoms with Crippen LogP contribution in [0.1, 0.15) is 41.9 Å². The Bertz CT molecular complexity index is 1040. The molecular formula is C20H29N5O3S. The number of sulfone groups is 1. The van der Waals surface area contributed by atoms with Gasteiger partial charge in [0.05, 0.1) is 23.2 Å². The highest BCUT2D eigenvalue weighted by atomic mass is 32.2. The van der Waals surface area contributed by atoms with E-state index in [0.29, 0.717) is 12.8 Å². The summed E-state index contributed by atoms with van der Waals surface area (Å²) < 4.78 is 26.2. The summed E-state index contributed by atoms with van der Waals surface area (Å²) in [5, 5.41) is 7.49. The Hall–Kier alpha value is -2.00. The third-order valence-electron chi connectivity index (χ3n) is 6.17. The first-order valence-electron chi connectivity index (χ1n) is 10.3. The molecule has 4 rings (SSSR count). The molecule has 0 radical (unpaired) electrons. The van der Waals surface area contributed by atoms with Gasteiger partial charge in [0.15, 0.2) is 15.5 Å². The molecule has 29 heavy (non-hydrogen) atoms. The van der Waals surface area contributed by atoms with Gasteiger partial charge < -0.3 is 5.32 Å². The van der Waals surface area contributed by atoms with Crippen LogP contribution in [0, 0.1) is 20.8 Å². The van der Waals surface area contributed by atoms with Gasteiger partial charge in [-0.1, -0.05) is 0 Å². The molecule has 8 nitrogen and oxygen atoms in total. The zero-order valence-electron chi connectivity index (χ0n) is 17.3. The molecule has 1 amide bonds. The maximum absolute atomic E-state index is 12.7. The molecule has 4 heterocycles. The lowest BCUT2D eigenvalue weighted by molar-refractivity contribution is -0.121.